The van der Waals surface area contributed by atoms with Crippen molar-refractivity contribution in [2.24, 2.45) is 0 Å². The van der Waals surface area contributed by atoms with E-state index in [0.29, 0.717) is 16.8 Å². The largest absolute Gasteiger partial charge is 0.322 e. The molecule has 0 unspecified atom stereocenters. The number of hydrogen-bond acceptors (Lipinski definition) is 5. The number of anilines is 1. The Morgan fingerprint density at radius 2 is 1.73 bits per heavy atom. The van der Waals surface area contributed by atoms with Crippen LogP contribution in [0.3, 0.4) is 0 Å². The van der Waals surface area contributed by atoms with E-state index in [2.05, 4.69) is 5.32 Å². The summed E-state index contributed by atoms with van der Waals surface area (Å²) in [6.45, 7) is 1.61. The second-order valence-electron chi connectivity index (χ2n) is 6.69. The Kier molecular flexibility index (Phi) is 5.36. The second-order valence-corrected chi connectivity index (χ2v) is 7.55. The summed E-state index contributed by atoms with van der Waals surface area (Å²) >= 11 is 1.59. The lowest BCUT2D eigenvalue weighted by atomic mass is 10.1. The molecule has 4 rings (SSSR count). The lowest BCUT2D eigenvalue weighted by Gasteiger charge is -2.07. The quantitative estimate of drug-likeness (QED) is 0.323. The molecule has 0 radical (unpaired) electrons. The fraction of sp³-hybridized carbons (Fsp3) is 0.0435. The summed E-state index contributed by atoms with van der Waals surface area (Å²) in [5.74, 6) is -0.319. The van der Waals surface area contributed by atoms with Gasteiger partial charge in [-0.25, -0.2) is 4.98 Å². The molecular weight excluding hydrogens is 398 g/mol. The Hall–Kier alpha value is -3.84. The van der Waals surface area contributed by atoms with E-state index < -0.39 is 4.92 Å². The van der Waals surface area contributed by atoms with E-state index in [4.69, 9.17) is 4.98 Å². The summed E-state index contributed by atoms with van der Waals surface area (Å²) < 4.78 is 0. The highest BCUT2D eigenvalue weighted by Gasteiger charge is 2.14. The molecule has 0 saturated heterocycles. The fourth-order valence-electron chi connectivity index (χ4n) is 3.05. The number of thiazole rings is 1. The molecule has 0 aliphatic carbocycles. The van der Waals surface area contributed by atoms with Crippen molar-refractivity contribution in [3.63, 3.8) is 0 Å². The first-order valence-corrected chi connectivity index (χ1v) is 10.1. The van der Waals surface area contributed by atoms with Crippen molar-refractivity contribution in [1.29, 1.82) is 0 Å². The molecule has 0 bridgehead atoms. The zero-order valence-electron chi connectivity index (χ0n) is 16.0. The number of rotatable bonds is 5. The third-order valence-electron chi connectivity index (χ3n) is 4.62. The third kappa shape index (κ3) is 4.11. The van der Waals surface area contributed by atoms with Gasteiger partial charge in [0.1, 0.15) is 5.01 Å². The van der Waals surface area contributed by atoms with Crippen LogP contribution in [0.4, 0.5) is 11.4 Å². The number of amides is 1. The summed E-state index contributed by atoms with van der Waals surface area (Å²) in [4.78, 5) is 27.6. The smallest absolute Gasteiger partial charge is 0.272 e. The Labute approximate surface area is 177 Å². The van der Waals surface area contributed by atoms with Crippen molar-refractivity contribution in [3.8, 4) is 21.8 Å². The molecule has 0 aliphatic heterocycles. The maximum absolute atomic E-state index is 12.5. The molecular formula is C23H17N3O3S. The van der Waals surface area contributed by atoms with Gasteiger partial charge in [-0.3, -0.25) is 14.9 Å². The lowest BCUT2D eigenvalue weighted by molar-refractivity contribution is -0.385. The van der Waals surface area contributed by atoms with Crippen molar-refractivity contribution >= 4 is 28.6 Å². The van der Waals surface area contributed by atoms with Crippen LogP contribution in [0, 0.1) is 17.0 Å². The summed E-state index contributed by atoms with van der Waals surface area (Å²) in [6, 6.07) is 21.8. The standard InChI is InChI=1S/C23H17N3O3S/c1-15-13-18(9-12-21(15)26(28)29)22(27)24-19-10-7-16(8-11-19)20-14-30-23(25-20)17-5-3-2-4-6-17/h2-14H,1H3,(H,24,27). The molecule has 1 heterocycles. The number of nitrogens with zero attached hydrogens (tertiary/aromatic N) is 2. The van der Waals surface area contributed by atoms with Crippen molar-refractivity contribution < 1.29 is 9.72 Å². The summed E-state index contributed by atoms with van der Waals surface area (Å²) in [7, 11) is 0. The van der Waals surface area contributed by atoms with Gasteiger partial charge >= 0.3 is 0 Å². The zero-order valence-corrected chi connectivity index (χ0v) is 16.8. The highest BCUT2D eigenvalue weighted by atomic mass is 32.1. The first kappa shape index (κ1) is 19.5. The normalized spacial score (nSPS) is 10.6. The number of benzene rings is 3. The predicted octanol–water partition coefficient (Wildman–Crippen LogP) is 5.95. The van der Waals surface area contributed by atoms with Crippen LogP contribution < -0.4 is 5.32 Å². The molecule has 7 heteroatoms. The Bertz CT molecular complexity index is 1220. The van der Waals surface area contributed by atoms with Crippen LogP contribution in [-0.2, 0) is 0 Å². The first-order chi connectivity index (χ1) is 14.5. The highest BCUT2D eigenvalue weighted by Crippen LogP contribution is 2.29. The van der Waals surface area contributed by atoms with E-state index in [-0.39, 0.29) is 11.6 Å². The molecule has 6 nitrogen and oxygen atoms in total. The molecule has 148 valence electrons. The van der Waals surface area contributed by atoms with Crippen LogP contribution in [0.25, 0.3) is 21.8 Å². The van der Waals surface area contributed by atoms with Crippen LogP contribution in [0.15, 0.2) is 78.2 Å². The van der Waals surface area contributed by atoms with Crippen molar-refractivity contribution in [2.75, 3.05) is 5.32 Å². The molecule has 0 spiro atoms. The maximum Gasteiger partial charge on any atom is 0.272 e. The van der Waals surface area contributed by atoms with Gasteiger partial charge in [-0.2, -0.15) is 0 Å². The van der Waals surface area contributed by atoms with Crippen LogP contribution in [0.5, 0.6) is 0 Å². The number of hydrogen-bond donors (Lipinski definition) is 1. The van der Waals surface area contributed by atoms with E-state index in [1.54, 1.807) is 18.3 Å². The lowest BCUT2D eigenvalue weighted by Crippen LogP contribution is -2.12. The van der Waals surface area contributed by atoms with Gasteiger partial charge in [-0.1, -0.05) is 42.5 Å². The van der Waals surface area contributed by atoms with Gasteiger partial charge in [-0.15, -0.1) is 11.3 Å². The molecule has 1 amide bonds. The van der Waals surface area contributed by atoms with Crippen LogP contribution in [0.1, 0.15) is 15.9 Å². The van der Waals surface area contributed by atoms with E-state index in [1.165, 1.54) is 18.2 Å². The minimum atomic E-state index is -0.461. The number of carbonyl (C=O) groups is 1. The Morgan fingerprint density at radius 3 is 2.40 bits per heavy atom. The second kappa shape index (κ2) is 8.26. The van der Waals surface area contributed by atoms with Crippen molar-refractivity contribution in [2.45, 2.75) is 6.92 Å². The van der Waals surface area contributed by atoms with Gasteiger partial charge in [-0.05, 0) is 31.2 Å². The molecule has 4 aromatic rings. The predicted molar refractivity (Wildman–Crippen MR) is 119 cm³/mol. The molecule has 1 N–H and O–H groups in total. The van der Waals surface area contributed by atoms with Crippen molar-refractivity contribution in [3.05, 3.63) is 99.4 Å². The third-order valence-corrected chi connectivity index (χ3v) is 5.51. The maximum atomic E-state index is 12.5. The monoisotopic (exact) mass is 415 g/mol. The van der Waals surface area contributed by atoms with Gasteiger partial charge < -0.3 is 5.32 Å². The number of aromatic nitrogens is 1. The number of nitro groups is 1. The van der Waals surface area contributed by atoms with E-state index >= 15 is 0 Å². The molecule has 0 saturated carbocycles. The molecule has 1 aromatic heterocycles. The molecule has 3 aromatic carbocycles. The van der Waals surface area contributed by atoms with E-state index in [0.717, 1.165) is 21.8 Å². The van der Waals surface area contributed by atoms with Gasteiger partial charge in [0.15, 0.2) is 0 Å². The summed E-state index contributed by atoms with van der Waals surface area (Å²) in [6.07, 6.45) is 0. The van der Waals surface area contributed by atoms with E-state index in [9.17, 15) is 14.9 Å². The number of nitro benzene ring substituents is 1. The minimum absolute atomic E-state index is 0.00552. The first-order valence-electron chi connectivity index (χ1n) is 9.19. The molecule has 30 heavy (non-hydrogen) atoms. The van der Waals surface area contributed by atoms with Crippen LogP contribution in [-0.4, -0.2) is 15.8 Å². The summed E-state index contributed by atoms with van der Waals surface area (Å²) in [5, 5.41) is 16.7. The zero-order chi connectivity index (χ0) is 21.1. The molecule has 0 aliphatic rings. The fourth-order valence-corrected chi connectivity index (χ4v) is 3.88. The van der Waals surface area contributed by atoms with Gasteiger partial charge in [0.05, 0.1) is 10.6 Å². The average molecular weight is 415 g/mol. The molecule has 0 atom stereocenters. The van der Waals surface area contributed by atoms with Gasteiger partial charge in [0.25, 0.3) is 11.6 Å². The van der Waals surface area contributed by atoms with Crippen LogP contribution in [0.2, 0.25) is 0 Å². The number of aryl methyl sites for hydroxylation is 1. The highest BCUT2D eigenvalue weighted by molar-refractivity contribution is 7.13. The number of carbonyl (C=O) groups excluding carboxylic acids is 1. The Balaban J connectivity index is 1.48. The topological polar surface area (TPSA) is 85.1 Å². The average Bonchev–Trinajstić information content (AvgIpc) is 3.25. The Morgan fingerprint density at radius 1 is 1.00 bits per heavy atom. The van der Waals surface area contributed by atoms with E-state index in [1.807, 2.05) is 60.0 Å². The number of nitrogens with one attached hydrogen (secondary N) is 1. The molecule has 0 fully saturated rings. The van der Waals surface area contributed by atoms with Crippen molar-refractivity contribution in [1.82, 2.24) is 4.98 Å². The minimum Gasteiger partial charge on any atom is -0.322 e. The van der Waals surface area contributed by atoms with Crippen LogP contribution >= 0.6 is 11.3 Å². The SMILES string of the molecule is Cc1cc(C(=O)Nc2ccc(-c3csc(-c4ccccc4)n3)cc2)ccc1[N+](=O)[O-]. The van der Waals surface area contributed by atoms with Gasteiger partial charge in [0.2, 0.25) is 0 Å². The summed E-state index contributed by atoms with van der Waals surface area (Å²) in [5.41, 5.74) is 4.36. The van der Waals surface area contributed by atoms with Gasteiger partial charge in [0, 0.05) is 39.4 Å².